The SMILES string of the molecule is COc1cc(OC)cc(C(=O)NCCNC(=O)c2ccc(Cl)cc2)c1. The molecule has 0 saturated carbocycles. The minimum Gasteiger partial charge on any atom is -0.497 e. The lowest BCUT2D eigenvalue weighted by atomic mass is 10.2. The summed E-state index contributed by atoms with van der Waals surface area (Å²) in [6.07, 6.45) is 0. The van der Waals surface area contributed by atoms with Crippen molar-refractivity contribution >= 4 is 23.4 Å². The summed E-state index contributed by atoms with van der Waals surface area (Å²) in [7, 11) is 3.03. The lowest BCUT2D eigenvalue weighted by Crippen LogP contribution is -2.34. The predicted molar refractivity (Wildman–Crippen MR) is 95.7 cm³/mol. The van der Waals surface area contributed by atoms with E-state index in [0.29, 0.717) is 34.2 Å². The van der Waals surface area contributed by atoms with Gasteiger partial charge in [-0.3, -0.25) is 9.59 Å². The van der Waals surface area contributed by atoms with Crippen LogP contribution >= 0.6 is 11.6 Å². The molecule has 0 atom stereocenters. The highest BCUT2D eigenvalue weighted by atomic mass is 35.5. The molecule has 7 heteroatoms. The molecule has 0 unspecified atom stereocenters. The van der Waals surface area contributed by atoms with Gasteiger partial charge < -0.3 is 20.1 Å². The van der Waals surface area contributed by atoms with Gasteiger partial charge in [-0.15, -0.1) is 0 Å². The molecule has 0 heterocycles. The Bertz CT molecular complexity index is 725. The zero-order chi connectivity index (χ0) is 18.2. The quantitative estimate of drug-likeness (QED) is 0.742. The van der Waals surface area contributed by atoms with Crippen LogP contribution in [0.3, 0.4) is 0 Å². The average molecular weight is 363 g/mol. The molecule has 0 aromatic heterocycles. The van der Waals surface area contributed by atoms with Gasteiger partial charge in [0.2, 0.25) is 0 Å². The van der Waals surface area contributed by atoms with Crippen LogP contribution in [-0.4, -0.2) is 39.1 Å². The van der Waals surface area contributed by atoms with E-state index in [9.17, 15) is 9.59 Å². The highest BCUT2D eigenvalue weighted by Gasteiger charge is 2.10. The second kappa shape index (κ2) is 8.94. The highest BCUT2D eigenvalue weighted by Crippen LogP contribution is 2.22. The Hall–Kier alpha value is -2.73. The number of hydrogen-bond acceptors (Lipinski definition) is 4. The van der Waals surface area contributed by atoms with Crippen molar-refractivity contribution in [2.24, 2.45) is 0 Å². The Morgan fingerprint density at radius 1 is 0.840 bits per heavy atom. The maximum absolute atomic E-state index is 12.2. The average Bonchev–Trinajstić information content (AvgIpc) is 2.64. The third-order valence-electron chi connectivity index (χ3n) is 3.42. The van der Waals surface area contributed by atoms with Crippen molar-refractivity contribution in [2.45, 2.75) is 0 Å². The summed E-state index contributed by atoms with van der Waals surface area (Å²) in [5, 5.41) is 6.02. The van der Waals surface area contributed by atoms with Crippen molar-refractivity contribution in [1.82, 2.24) is 10.6 Å². The van der Waals surface area contributed by atoms with Crippen LogP contribution in [0.5, 0.6) is 11.5 Å². The highest BCUT2D eigenvalue weighted by molar-refractivity contribution is 6.30. The van der Waals surface area contributed by atoms with E-state index in [2.05, 4.69) is 10.6 Å². The second-order valence-corrected chi connectivity index (χ2v) is 5.56. The van der Waals surface area contributed by atoms with Gasteiger partial charge in [-0.05, 0) is 36.4 Å². The minimum absolute atomic E-state index is 0.228. The molecule has 0 aliphatic heterocycles. The molecule has 2 rings (SSSR count). The van der Waals surface area contributed by atoms with E-state index in [4.69, 9.17) is 21.1 Å². The largest absolute Gasteiger partial charge is 0.497 e. The molecular weight excluding hydrogens is 344 g/mol. The number of carbonyl (C=O) groups excluding carboxylic acids is 2. The van der Waals surface area contributed by atoms with E-state index < -0.39 is 0 Å². The van der Waals surface area contributed by atoms with Gasteiger partial charge in [0.1, 0.15) is 11.5 Å². The molecule has 2 N–H and O–H groups in total. The van der Waals surface area contributed by atoms with Gasteiger partial charge in [-0.25, -0.2) is 0 Å². The molecule has 2 amide bonds. The van der Waals surface area contributed by atoms with E-state index in [-0.39, 0.29) is 18.4 Å². The summed E-state index contributed by atoms with van der Waals surface area (Å²) in [4.78, 5) is 24.1. The first kappa shape index (κ1) is 18.6. The zero-order valence-electron chi connectivity index (χ0n) is 14.0. The lowest BCUT2D eigenvalue weighted by Gasteiger charge is -2.10. The van der Waals surface area contributed by atoms with Crippen LogP contribution in [0.1, 0.15) is 20.7 Å². The van der Waals surface area contributed by atoms with E-state index in [1.807, 2.05) is 0 Å². The summed E-state index contributed by atoms with van der Waals surface area (Å²) in [5.41, 5.74) is 0.925. The Morgan fingerprint density at radius 2 is 1.32 bits per heavy atom. The molecule has 0 aliphatic rings. The molecule has 0 saturated heterocycles. The fourth-order valence-corrected chi connectivity index (χ4v) is 2.22. The summed E-state index contributed by atoms with van der Waals surface area (Å²) >= 11 is 5.78. The van der Waals surface area contributed by atoms with Crippen LogP contribution in [0, 0.1) is 0 Å². The summed E-state index contributed by atoms with van der Waals surface area (Å²) in [5.74, 6) is 0.549. The van der Waals surface area contributed by atoms with Crippen molar-refractivity contribution < 1.29 is 19.1 Å². The van der Waals surface area contributed by atoms with Crippen molar-refractivity contribution in [1.29, 1.82) is 0 Å². The summed E-state index contributed by atoms with van der Waals surface area (Å²) < 4.78 is 10.3. The van der Waals surface area contributed by atoms with Gasteiger partial charge >= 0.3 is 0 Å². The first-order valence-corrected chi connectivity index (χ1v) is 7.96. The van der Waals surface area contributed by atoms with Crippen LogP contribution in [0.4, 0.5) is 0 Å². The standard InChI is InChI=1S/C18H19ClN2O4/c1-24-15-9-13(10-16(11-15)25-2)18(23)21-8-7-20-17(22)12-3-5-14(19)6-4-12/h3-6,9-11H,7-8H2,1-2H3,(H,20,22)(H,21,23). The molecular formula is C18H19ClN2O4. The Balaban J connectivity index is 1.84. The van der Waals surface area contributed by atoms with Gasteiger partial charge in [0.25, 0.3) is 11.8 Å². The third-order valence-corrected chi connectivity index (χ3v) is 3.67. The van der Waals surface area contributed by atoms with Crippen LogP contribution in [-0.2, 0) is 0 Å². The monoisotopic (exact) mass is 362 g/mol. The van der Waals surface area contributed by atoms with Crippen LogP contribution < -0.4 is 20.1 Å². The topological polar surface area (TPSA) is 76.7 Å². The fourth-order valence-electron chi connectivity index (χ4n) is 2.10. The smallest absolute Gasteiger partial charge is 0.251 e. The molecule has 25 heavy (non-hydrogen) atoms. The number of nitrogens with one attached hydrogen (secondary N) is 2. The molecule has 132 valence electrons. The number of ether oxygens (including phenoxy) is 2. The van der Waals surface area contributed by atoms with Gasteiger partial charge in [0, 0.05) is 35.3 Å². The minimum atomic E-state index is -0.280. The van der Waals surface area contributed by atoms with Crippen molar-refractivity contribution in [3.63, 3.8) is 0 Å². The maximum Gasteiger partial charge on any atom is 0.251 e. The number of hydrogen-bond donors (Lipinski definition) is 2. The van der Waals surface area contributed by atoms with Gasteiger partial charge in [-0.1, -0.05) is 11.6 Å². The van der Waals surface area contributed by atoms with E-state index >= 15 is 0 Å². The number of carbonyl (C=O) groups is 2. The first-order valence-electron chi connectivity index (χ1n) is 7.58. The van der Waals surface area contributed by atoms with E-state index in [1.165, 1.54) is 14.2 Å². The number of amides is 2. The first-order chi connectivity index (χ1) is 12.0. The molecule has 2 aromatic rings. The van der Waals surface area contributed by atoms with Crippen molar-refractivity contribution in [2.75, 3.05) is 27.3 Å². The lowest BCUT2D eigenvalue weighted by molar-refractivity contribution is 0.0927. The zero-order valence-corrected chi connectivity index (χ0v) is 14.7. The van der Waals surface area contributed by atoms with E-state index in [0.717, 1.165) is 0 Å². The molecule has 0 fully saturated rings. The number of methoxy groups -OCH3 is 2. The Kier molecular flexibility index (Phi) is 6.65. The molecule has 0 spiro atoms. The number of rotatable bonds is 7. The third kappa shape index (κ3) is 5.39. The van der Waals surface area contributed by atoms with Gasteiger partial charge in [0.05, 0.1) is 14.2 Å². The van der Waals surface area contributed by atoms with Gasteiger partial charge in [-0.2, -0.15) is 0 Å². The normalized spacial score (nSPS) is 10.0. The van der Waals surface area contributed by atoms with Crippen molar-refractivity contribution in [3.05, 3.63) is 58.6 Å². The molecule has 0 bridgehead atoms. The predicted octanol–water partition coefficient (Wildman–Crippen LogP) is 2.52. The maximum atomic E-state index is 12.2. The Morgan fingerprint density at radius 3 is 1.80 bits per heavy atom. The fraction of sp³-hybridized carbons (Fsp3) is 0.222. The second-order valence-electron chi connectivity index (χ2n) is 5.12. The molecule has 6 nitrogen and oxygen atoms in total. The van der Waals surface area contributed by atoms with Gasteiger partial charge in [0.15, 0.2) is 0 Å². The number of halogens is 1. The van der Waals surface area contributed by atoms with Crippen LogP contribution in [0.15, 0.2) is 42.5 Å². The summed E-state index contributed by atoms with van der Waals surface area (Å²) in [6, 6.07) is 11.5. The van der Waals surface area contributed by atoms with Crippen LogP contribution in [0.2, 0.25) is 5.02 Å². The van der Waals surface area contributed by atoms with Crippen LogP contribution in [0.25, 0.3) is 0 Å². The molecule has 2 aromatic carbocycles. The Labute approximate surface area is 151 Å². The number of benzene rings is 2. The molecule has 0 aliphatic carbocycles. The molecule has 0 radical (unpaired) electrons. The van der Waals surface area contributed by atoms with E-state index in [1.54, 1.807) is 42.5 Å². The van der Waals surface area contributed by atoms with Crippen molar-refractivity contribution in [3.8, 4) is 11.5 Å². The summed E-state index contributed by atoms with van der Waals surface area (Å²) in [6.45, 7) is 0.589.